The van der Waals surface area contributed by atoms with Crippen LogP contribution in [0.5, 0.6) is 0 Å². The first kappa shape index (κ1) is 13.9. The Morgan fingerprint density at radius 1 is 1.00 bits per heavy atom. The third-order valence-electron chi connectivity index (χ3n) is 4.17. The summed E-state index contributed by atoms with van der Waals surface area (Å²) in [5.74, 6) is 0. The Morgan fingerprint density at radius 3 is 2.73 bits per heavy atom. The molecule has 2 heterocycles. The number of halogens is 1. The molecule has 4 heteroatoms. The molecule has 0 spiro atoms. The van der Waals surface area contributed by atoms with Gasteiger partial charge in [-0.2, -0.15) is 0 Å². The van der Waals surface area contributed by atoms with E-state index < -0.39 is 0 Å². The molecule has 22 heavy (non-hydrogen) atoms. The van der Waals surface area contributed by atoms with Gasteiger partial charge in [0.1, 0.15) is 0 Å². The first-order chi connectivity index (χ1) is 10.8. The van der Waals surface area contributed by atoms with Crippen LogP contribution in [0.4, 0.5) is 0 Å². The van der Waals surface area contributed by atoms with E-state index in [9.17, 15) is 0 Å². The first-order valence-corrected chi connectivity index (χ1v) is 8.28. The van der Waals surface area contributed by atoms with E-state index in [1.54, 1.807) is 0 Å². The minimum absolute atomic E-state index is 0.934. The smallest absolute Gasteiger partial charge is 0.0890 e. The third-order valence-corrected chi connectivity index (χ3v) is 4.92. The summed E-state index contributed by atoms with van der Waals surface area (Å²) in [7, 11) is 0. The molecular formula is C18H16BrN3. The summed E-state index contributed by atoms with van der Waals surface area (Å²) in [5.41, 5.74) is 5.86. The van der Waals surface area contributed by atoms with E-state index in [-0.39, 0.29) is 0 Å². The lowest BCUT2D eigenvalue weighted by Crippen LogP contribution is -2.20. The fraction of sp³-hybridized carbons (Fsp3) is 0.222. The van der Waals surface area contributed by atoms with E-state index in [1.807, 2.05) is 30.5 Å². The van der Waals surface area contributed by atoms with Gasteiger partial charge in [0.25, 0.3) is 0 Å². The Labute approximate surface area is 138 Å². The van der Waals surface area contributed by atoms with Gasteiger partial charge in [0.05, 0.1) is 16.7 Å². The van der Waals surface area contributed by atoms with Crippen LogP contribution in [0.2, 0.25) is 0 Å². The highest BCUT2D eigenvalue weighted by Crippen LogP contribution is 2.29. The molecule has 1 aliphatic rings. The zero-order valence-electron chi connectivity index (χ0n) is 12.2. The molecule has 0 N–H and O–H groups in total. The van der Waals surface area contributed by atoms with E-state index >= 15 is 0 Å². The number of hydrogen-bond acceptors (Lipinski definition) is 3. The van der Waals surface area contributed by atoms with Crippen LogP contribution < -0.4 is 0 Å². The normalized spacial score (nSPS) is 14.4. The molecule has 0 radical (unpaired) electrons. The maximum absolute atomic E-state index is 4.70. The number of aromatic nitrogens is 2. The maximum Gasteiger partial charge on any atom is 0.0890 e. The molecule has 4 rings (SSSR count). The molecule has 110 valence electrons. The van der Waals surface area contributed by atoms with Crippen molar-refractivity contribution >= 4 is 27.0 Å². The SMILES string of the molecule is Brc1cccc2c1CN(CCc1cnc3ccccc3n1)C2. The lowest BCUT2D eigenvalue weighted by molar-refractivity contribution is 0.287. The lowest BCUT2D eigenvalue weighted by atomic mass is 10.1. The second kappa shape index (κ2) is 5.78. The summed E-state index contributed by atoms with van der Waals surface area (Å²) in [6, 6.07) is 14.5. The predicted octanol–water partition coefficient (Wildman–Crippen LogP) is 3.95. The van der Waals surface area contributed by atoms with Crippen LogP contribution >= 0.6 is 15.9 Å². The van der Waals surface area contributed by atoms with Crippen molar-refractivity contribution < 1.29 is 0 Å². The highest BCUT2D eigenvalue weighted by Gasteiger charge is 2.20. The van der Waals surface area contributed by atoms with Crippen LogP contribution in [0.15, 0.2) is 53.1 Å². The Balaban J connectivity index is 1.46. The van der Waals surface area contributed by atoms with Gasteiger partial charge < -0.3 is 0 Å². The van der Waals surface area contributed by atoms with Crippen molar-refractivity contribution in [1.29, 1.82) is 0 Å². The zero-order chi connectivity index (χ0) is 14.9. The summed E-state index contributed by atoms with van der Waals surface area (Å²) in [5, 5.41) is 0. The Hall–Kier alpha value is -1.78. The van der Waals surface area contributed by atoms with Crippen LogP contribution in [0.3, 0.4) is 0 Å². The molecule has 0 atom stereocenters. The molecule has 3 nitrogen and oxygen atoms in total. The van der Waals surface area contributed by atoms with Gasteiger partial charge in [-0.1, -0.05) is 40.2 Å². The highest BCUT2D eigenvalue weighted by molar-refractivity contribution is 9.10. The first-order valence-electron chi connectivity index (χ1n) is 7.49. The van der Waals surface area contributed by atoms with E-state index in [4.69, 9.17) is 4.98 Å². The van der Waals surface area contributed by atoms with E-state index in [1.165, 1.54) is 15.6 Å². The van der Waals surface area contributed by atoms with Gasteiger partial charge in [-0.05, 0) is 29.3 Å². The predicted molar refractivity (Wildman–Crippen MR) is 91.5 cm³/mol. The van der Waals surface area contributed by atoms with Crippen molar-refractivity contribution in [3.63, 3.8) is 0 Å². The minimum Gasteiger partial charge on any atom is -0.294 e. The van der Waals surface area contributed by atoms with E-state index in [0.717, 1.165) is 42.8 Å². The Kier molecular flexibility index (Phi) is 3.64. The van der Waals surface area contributed by atoms with Gasteiger partial charge in [0.2, 0.25) is 0 Å². The molecule has 1 aliphatic heterocycles. The molecular weight excluding hydrogens is 338 g/mol. The van der Waals surface area contributed by atoms with Crippen molar-refractivity contribution in [2.75, 3.05) is 6.54 Å². The van der Waals surface area contributed by atoms with Crippen LogP contribution in [-0.4, -0.2) is 21.4 Å². The molecule has 0 unspecified atom stereocenters. The van der Waals surface area contributed by atoms with E-state index in [0.29, 0.717) is 0 Å². The molecule has 0 aliphatic carbocycles. The molecule has 0 bridgehead atoms. The van der Waals surface area contributed by atoms with Crippen molar-refractivity contribution in [2.45, 2.75) is 19.5 Å². The summed E-state index contributed by atoms with van der Waals surface area (Å²) in [4.78, 5) is 11.7. The minimum atomic E-state index is 0.934. The molecule has 0 saturated carbocycles. The van der Waals surface area contributed by atoms with Crippen LogP contribution in [0, 0.1) is 0 Å². The largest absolute Gasteiger partial charge is 0.294 e. The molecule has 0 saturated heterocycles. The topological polar surface area (TPSA) is 29.0 Å². The number of fused-ring (bicyclic) bond motifs is 2. The average Bonchev–Trinajstić information content (AvgIpc) is 2.97. The van der Waals surface area contributed by atoms with Crippen molar-refractivity contribution in [3.05, 3.63) is 70.0 Å². The van der Waals surface area contributed by atoms with Crippen LogP contribution in [0.25, 0.3) is 11.0 Å². The summed E-state index contributed by atoms with van der Waals surface area (Å²) in [6.07, 6.45) is 2.84. The highest BCUT2D eigenvalue weighted by atomic mass is 79.9. The van der Waals surface area contributed by atoms with Gasteiger partial charge >= 0.3 is 0 Å². The zero-order valence-corrected chi connectivity index (χ0v) is 13.8. The summed E-state index contributed by atoms with van der Waals surface area (Å²) < 4.78 is 1.22. The van der Waals surface area contributed by atoms with Crippen LogP contribution in [-0.2, 0) is 19.5 Å². The summed E-state index contributed by atoms with van der Waals surface area (Å²) >= 11 is 3.65. The average molecular weight is 354 g/mol. The number of hydrogen-bond donors (Lipinski definition) is 0. The fourth-order valence-corrected chi connectivity index (χ4v) is 3.53. The van der Waals surface area contributed by atoms with Crippen LogP contribution in [0.1, 0.15) is 16.8 Å². The molecule has 0 fully saturated rings. The van der Waals surface area contributed by atoms with Crippen molar-refractivity contribution in [2.24, 2.45) is 0 Å². The molecule has 2 aromatic carbocycles. The number of rotatable bonds is 3. The summed E-state index contributed by atoms with van der Waals surface area (Å²) in [6.45, 7) is 3.04. The lowest BCUT2D eigenvalue weighted by Gasteiger charge is -2.14. The number of nitrogens with zero attached hydrogens (tertiary/aromatic N) is 3. The van der Waals surface area contributed by atoms with Crippen molar-refractivity contribution in [3.8, 4) is 0 Å². The number of para-hydroxylation sites is 2. The molecule has 3 aromatic rings. The van der Waals surface area contributed by atoms with E-state index in [2.05, 4.69) is 44.0 Å². The standard InChI is InChI=1S/C18H16BrN3/c19-16-5-3-4-13-11-22(12-15(13)16)9-8-14-10-20-17-6-1-2-7-18(17)21-14/h1-7,10H,8-9,11-12H2. The van der Waals surface area contributed by atoms with Crippen molar-refractivity contribution in [1.82, 2.24) is 14.9 Å². The van der Waals surface area contributed by atoms with Gasteiger partial charge in [-0.15, -0.1) is 0 Å². The van der Waals surface area contributed by atoms with Gasteiger partial charge in [-0.3, -0.25) is 9.88 Å². The molecule has 0 amide bonds. The maximum atomic E-state index is 4.70. The fourth-order valence-electron chi connectivity index (χ4n) is 3.00. The Morgan fingerprint density at radius 2 is 1.86 bits per heavy atom. The second-order valence-electron chi connectivity index (χ2n) is 5.69. The monoisotopic (exact) mass is 353 g/mol. The van der Waals surface area contributed by atoms with Gasteiger partial charge in [-0.25, -0.2) is 4.98 Å². The second-order valence-corrected chi connectivity index (χ2v) is 6.54. The third kappa shape index (κ3) is 2.64. The number of benzene rings is 2. The molecule has 1 aromatic heterocycles. The quantitative estimate of drug-likeness (QED) is 0.713. The van der Waals surface area contributed by atoms with Gasteiger partial charge in [0, 0.05) is 36.7 Å². The van der Waals surface area contributed by atoms with Gasteiger partial charge in [0.15, 0.2) is 0 Å². The Bertz CT molecular complexity index is 831.